The van der Waals surface area contributed by atoms with E-state index in [-0.39, 0.29) is 24.3 Å². The lowest BCUT2D eigenvalue weighted by Gasteiger charge is -2.33. The van der Waals surface area contributed by atoms with Gasteiger partial charge in [-0.2, -0.15) is 0 Å². The van der Waals surface area contributed by atoms with Gasteiger partial charge in [-0.25, -0.2) is 4.79 Å². The summed E-state index contributed by atoms with van der Waals surface area (Å²) in [6.45, 7) is 6.43. The van der Waals surface area contributed by atoms with Gasteiger partial charge in [0.2, 0.25) is 11.8 Å². The van der Waals surface area contributed by atoms with E-state index in [0.29, 0.717) is 32.5 Å². The van der Waals surface area contributed by atoms with E-state index in [2.05, 4.69) is 5.32 Å². The average molecular weight is 405 g/mol. The third-order valence-corrected chi connectivity index (χ3v) is 4.59. The van der Waals surface area contributed by atoms with Crippen molar-refractivity contribution in [3.8, 4) is 0 Å². The van der Waals surface area contributed by atoms with Crippen LogP contribution in [0.4, 0.5) is 4.79 Å². The molecule has 0 saturated carbocycles. The second-order valence-corrected chi connectivity index (χ2v) is 8.20. The Morgan fingerprint density at radius 1 is 1.17 bits per heavy atom. The van der Waals surface area contributed by atoms with Gasteiger partial charge in [0.1, 0.15) is 11.6 Å². The minimum absolute atomic E-state index is 0.0166. The number of benzene rings is 1. The van der Waals surface area contributed by atoms with Gasteiger partial charge in [-0.1, -0.05) is 30.3 Å². The Morgan fingerprint density at radius 2 is 1.79 bits per heavy atom. The molecule has 1 atom stereocenters. The van der Waals surface area contributed by atoms with Crippen LogP contribution in [-0.4, -0.2) is 54.1 Å². The molecule has 1 aromatic carbocycles. The Balaban J connectivity index is 1.97. The Kier molecular flexibility index (Phi) is 8.01. The summed E-state index contributed by atoms with van der Waals surface area (Å²) in [5.41, 5.74) is 5.65. The third kappa shape index (κ3) is 7.73. The van der Waals surface area contributed by atoms with Crippen LogP contribution < -0.4 is 11.1 Å². The van der Waals surface area contributed by atoms with Crippen LogP contribution in [-0.2, 0) is 25.7 Å². The molecule has 1 unspecified atom stereocenters. The van der Waals surface area contributed by atoms with Gasteiger partial charge < -0.3 is 25.4 Å². The van der Waals surface area contributed by atoms with Crippen LogP contribution in [0.15, 0.2) is 30.3 Å². The number of carbonyl (C=O) groups is 3. The highest BCUT2D eigenvalue weighted by Gasteiger charge is 2.32. The first kappa shape index (κ1) is 22.7. The van der Waals surface area contributed by atoms with Gasteiger partial charge in [0.15, 0.2) is 0 Å². The maximum absolute atomic E-state index is 13.0. The lowest BCUT2D eigenvalue weighted by molar-refractivity contribution is -0.138. The van der Waals surface area contributed by atoms with Crippen LogP contribution in [0.5, 0.6) is 0 Å². The van der Waals surface area contributed by atoms with Crippen molar-refractivity contribution in [3.63, 3.8) is 0 Å². The molecule has 29 heavy (non-hydrogen) atoms. The second-order valence-electron chi connectivity index (χ2n) is 8.20. The number of rotatable bonds is 7. The normalized spacial score (nSPS) is 16.2. The molecule has 1 aliphatic rings. The van der Waals surface area contributed by atoms with E-state index in [1.165, 1.54) is 0 Å². The van der Waals surface area contributed by atoms with Gasteiger partial charge in [0.25, 0.3) is 0 Å². The summed E-state index contributed by atoms with van der Waals surface area (Å²) in [7, 11) is 0. The predicted molar refractivity (Wildman–Crippen MR) is 108 cm³/mol. The van der Waals surface area contributed by atoms with Crippen LogP contribution in [0.25, 0.3) is 0 Å². The fourth-order valence-electron chi connectivity index (χ4n) is 3.10. The molecular weight excluding hydrogens is 374 g/mol. The maximum Gasteiger partial charge on any atom is 0.408 e. The maximum atomic E-state index is 13.0. The van der Waals surface area contributed by atoms with E-state index in [1.54, 1.807) is 25.7 Å². The highest BCUT2D eigenvalue weighted by Crippen LogP contribution is 2.18. The zero-order valence-electron chi connectivity index (χ0n) is 17.3. The average Bonchev–Trinajstić information content (AvgIpc) is 2.66. The summed E-state index contributed by atoms with van der Waals surface area (Å²) in [6.07, 6.45) is 0.363. The van der Waals surface area contributed by atoms with Crippen molar-refractivity contribution in [2.24, 2.45) is 11.7 Å². The smallest absolute Gasteiger partial charge is 0.408 e. The molecule has 1 saturated heterocycles. The summed E-state index contributed by atoms with van der Waals surface area (Å²) in [5.74, 6) is -0.816. The van der Waals surface area contributed by atoms with E-state index in [4.69, 9.17) is 15.2 Å². The van der Waals surface area contributed by atoms with Gasteiger partial charge in [0, 0.05) is 19.0 Å². The fourth-order valence-corrected chi connectivity index (χ4v) is 3.10. The Morgan fingerprint density at radius 3 is 2.34 bits per heavy atom. The van der Waals surface area contributed by atoms with Crippen molar-refractivity contribution < 1.29 is 23.9 Å². The van der Waals surface area contributed by atoms with E-state index < -0.39 is 17.7 Å². The molecule has 1 fully saturated rings. The highest BCUT2D eigenvalue weighted by molar-refractivity contribution is 5.86. The number of ether oxygens (including phenoxy) is 2. The zero-order chi connectivity index (χ0) is 21.4. The van der Waals surface area contributed by atoms with Gasteiger partial charge in [-0.3, -0.25) is 9.59 Å². The molecule has 1 aromatic rings. The van der Waals surface area contributed by atoms with E-state index in [9.17, 15) is 14.4 Å². The zero-order valence-corrected chi connectivity index (χ0v) is 17.3. The largest absolute Gasteiger partial charge is 0.444 e. The highest BCUT2D eigenvalue weighted by atomic mass is 16.6. The molecule has 8 heteroatoms. The quantitative estimate of drug-likeness (QED) is 0.719. The standard InChI is InChI=1S/C21H31N3O5/c1-21(2,3)29-20(27)23-17(14-28-13-15-7-5-4-6-8-15)19(26)24-11-9-16(10-12-24)18(22)25/h4-8,16-17H,9-14H2,1-3H3,(H2,22,25)(H,23,27). The van der Waals surface area contributed by atoms with Crippen molar-refractivity contribution >= 4 is 17.9 Å². The molecule has 2 rings (SSSR count). The number of carbonyl (C=O) groups excluding carboxylic acids is 3. The van der Waals surface area contributed by atoms with Gasteiger partial charge in [0.05, 0.1) is 13.2 Å². The number of hydrogen-bond acceptors (Lipinski definition) is 5. The van der Waals surface area contributed by atoms with Crippen LogP contribution in [0, 0.1) is 5.92 Å². The topological polar surface area (TPSA) is 111 Å². The molecule has 0 aliphatic carbocycles. The van der Waals surface area contributed by atoms with Crippen molar-refractivity contribution in [2.75, 3.05) is 19.7 Å². The number of hydrogen-bond donors (Lipinski definition) is 2. The third-order valence-electron chi connectivity index (χ3n) is 4.59. The molecule has 160 valence electrons. The minimum Gasteiger partial charge on any atom is -0.444 e. The second kappa shape index (κ2) is 10.2. The molecular formula is C21H31N3O5. The van der Waals surface area contributed by atoms with Crippen molar-refractivity contribution in [2.45, 2.75) is 51.9 Å². The number of amides is 3. The summed E-state index contributed by atoms with van der Waals surface area (Å²) in [6, 6.07) is 8.69. The molecule has 3 amide bonds. The molecule has 0 radical (unpaired) electrons. The first-order chi connectivity index (χ1) is 13.7. The van der Waals surface area contributed by atoms with Crippen molar-refractivity contribution in [1.29, 1.82) is 0 Å². The number of primary amides is 1. The molecule has 0 aromatic heterocycles. The number of piperidine rings is 1. The number of alkyl carbamates (subject to hydrolysis) is 1. The first-order valence-electron chi connectivity index (χ1n) is 9.85. The Bertz CT molecular complexity index is 694. The van der Waals surface area contributed by atoms with Crippen LogP contribution in [0.3, 0.4) is 0 Å². The number of nitrogens with one attached hydrogen (secondary N) is 1. The monoisotopic (exact) mass is 405 g/mol. The molecule has 1 aliphatic heterocycles. The SMILES string of the molecule is CC(C)(C)OC(=O)NC(COCc1ccccc1)C(=O)N1CCC(C(N)=O)CC1. The van der Waals surface area contributed by atoms with Crippen LogP contribution in [0.2, 0.25) is 0 Å². The number of likely N-dealkylation sites (tertiary alicyclic amines) is 1. The summed E-state index contributed by atoms with van der Waals surface area (Å²) in [5, 5.41) is 2.62. The molecule has 3 N–H and O–H groups in total. The molecule has 8 nitrogen and oxygen atoms in total. The summed E-state index contributed by atoms with van der Waals surface area (Å²) < 4.78 is 11.0. The van der Waals surface area contributed by atoms with Crippen LogP contribution in [0.1, 0.15) is 39.2 Å². The molecule has 0 bridgehead atoms. The van der Waals surface area contributed by atoms with Crippen molar-refractivity contribution in [3.05, 3.63) is 35.9 Å². The van der Waals surface area contributed by atoms with Gasteiger partial charge in [-0.15, -0.1) is 0 Å². The summed E-state index contributed by atoms with van der Waals surface area (Å²) in [4.78, 5) is 38.2. The minimum atomic E-state index is -0.876. The van der Waals surface area contributed by atoms with E-state index >= 15 is 0 Å². The lowest BCUT2D eigenvalue weighted by atomic mass is 9.96. The van der Waals surface area contributed by atoms with Crippen molar-refractivity contribution in [1.82, 2.24) is 10.2 Å². The number of nitrogens with two attached hydrogens (primary N) is 1. The predicted octanol–water partition coefficient (Wildman–Crippen LogP) is 1.82. The van der Waals surface area contributed by atoms with E-state index in [1.807, 2.05) is 30.3 Å². The van der Waals surface area contributed by atoms with Gasteiger partial charge >= 0.3 is 6.09 Å². The summed E-state index contributed by atoms with van der Waals surface area (Å²) >= 11 is 0. The Hall–Kier alpha value is -2.61. The Labute approximate surface area is 171 Å². The molecule has 1 heterocycles. The lowest BCUT2D eigenvalue weighted by Crippen LogP contribution is -2.54. The molecule has 0 spiro atoms. The van der Waals surface area contributed by atoms with Gasteiger partial charge in [-0.05, 0) is 39.2 Å². The first-order valence-corrected chi connectivity index (χ1v) is 9.85. The van der Waals surface area contributed by atoms with E-state index in [0.717, 1.165) is 5.56 Å². The fraction of sp³-hybridized carbons (Fsp3) is 0.571. The number of nitrogens with zero attached hydrogens (tertiary/aromatic N) is 1. The van der Waals surface area contributed by atoms with Crippen LogP contribution >= 0.6 is 0 Å².